The van der Waals surface area contributed by atoms with E-state index in [1.54, 1.807) is 6.20 Å². The second-order valence-corrected chi connectivity index (χ2v) is 6.98. The van der Waals surface area contributed by atoms with Crippen LogP contribution in [0, 0.1) is 11.3 Å². The van der Waals surface area contributed by atoms with Crippen molar-refractivity contribution < 1.29 is 0 Å². The van der Waals surface area contributed by atoms with E-state index in [2.05, 4.69) is 20.4 Å². The maximum Gasteiger partial charge on any atom is 0.176 e. The zero-order valence-electron chi connectivity index (χ0n) is 15.1. The summed E-state index contributed by atoms with van der Waals surface area (Å²) in [5, 5.41) is 17.3. The number of nitrogens with zero attached hydrogens (tertiary/aromatic N) is 6. The Morgan fingerprint density at radius 2 is 1.97 bits per heavy atom. The maximum absolute atomic E-state index is 9.38. The lowest BCUT2D eigenvalue weighted by Gasteiger charge is -2.19. The molecule has 1 aromatic carbocycles. The minimum Gasteiger partial charge on any atom is -0.382 e. The van der Waals surface area contributed by atoms with Crippen molar-refractivity contribution in [1.29, 1.82) is 5.26 Å². The van der Waals surface area contributed by atoms with Gasteiger partial charge in [0.25, 0.3) is 0 Å². The van der Waals surface area contributed by atoms with E-state index in [0.29, 0.717) is 17.2 Å². The van der Waals surface area contributed by atoms with Crippen LogP contribution in [0.15, 0.2) is 42.9 Å². The van der Waals surface area contributed by atoms with Crippen molar-refractivity contribution in [3.8, 4) is 17.3 Å². The van der Waals surface area contributed by atoms with E-state index in [1.807, 2.05) is 43.3 Å². The Morgan fingerprint density at radius 3 is 2.69 bits per heavy atom. The van der Waals surface area contributed by atoms with E-state index in [4.69, 9.17) is 33.9 Å². The zero-order valence-corrected chi connectivity index (χ0v) is 16.6. The first-order valence-electron chi connectivity index (χ1n) is 8.56. The normalized spacial score (nSPS) is 11.9. The van der Waals surface area contributed by atoms with Crippen molar-refractivity contribution in [3.05, 3.63) is 64.2 Å². The number of hydrogen-bond acceptors (Lipinski definition) is 7. The summed E-state index contributed by atoms with van der Waals surface area (Å²) in [6.07, 6.45) is 3.11. The molecule has 10 heteroatoms. The van der Waals surface area contributed by atoms with Gasteiger partial charge in [0.15, 0.2) is 10.8 Å². The molecule has 3 aromatic heterocycles. The van der Waals surface area contributed by atoms with Gasteiger partial charge in [-0.15, -0.1) is 0 Å². The van der Waals surface area contributed by atoms with Crippen molar-refractivity contribution in [2.24, 2.45) is 0 Å². The number of nitrogens with two attached hydrogens (primary N) is 1. The van der Waals surface area contributed by atoms with Gasteiger partial charge in [0.1, 0.15) is 34.6 Å². The number of hydrogen-bond donors (Lipinski definition) is 2. The first kappa shape index (κ1) is 18.9. The summed E-state index contributed by atoms with van der Waals surface area (Å²) in [6.45, 7) is 1.92. The summed E-state index contributed by atoms with van der Waals surface area (Å²) in [6, 6.07) is 11.4. The molecule has 0 fully saturated rings. The molecular weight excluding hydrogens is 411 g/mol. The van der Waals surface area contributed by atoms with Gasteiger partial charge in [0, 0.05) is 17.3 Å². The lowest BCUT2D eigenvalue weighted by Crippen LogP contribution is -2.14. The van der Waals surface area contributed by atoms with Crippen molar-refractivity contribution in [3.63, 3.8) is 0 Å². The third-order valence-corrected chi connectivity index (χ3v) is 5.11. The van der Waals surface area contributed by atoms with Gasteiger partial charge in [-0.05, 0) is 6.92 Å². The fourth-order valence-electron chi connectivity index (χ4n) is 2.98. The highest BCUT2D eigenvalue weighted by atomic mass is 35.5. The van der Waals surface area contributed by atoms with Gasteiger partial charge < -0.3 is 11.1 Å². The number of fused-ring (bicyclic) bond motifs is 1. The second kappa shape index (κ2) is 7.54. The number of rotatable bonds is 4. The Kier molecular flexibility index (Phi) is 4.92. The number of benzene rings is 1. The van der Waals surface area contributed by atoms with Crippen LogP contribution in [0.3, 0.4) is 0 Å². The molecule has 0 radical (unpaired) electrons. The van der Waals surface area contributed by atoms with E-state index in [-0.39, 0.29) is 27.6 Å². The van der Waals surface area contributed by atoms with Gasteiger partial charge in [-0.1, -0.05) is 53.5 Å². The molecule has 0 aliphatic carbocycles. The largest absolute Gasteiger partial charge is 0.382 e. The van der Waals surface area contributed by atoms with Crippen molar-refractivity contribution in [1.82, 2.24) is 24.6 Å². The predicted octanol–water partition coefficient (Wildman–Crippen LogP) is 4.12. The number of anilines is 2. The molecule has 4 rings (SSSR count). The van der Waals surface area contributed by atoms with Crippen LogP contribution in [-0.4, -0.2) is 24.6 Å². The minimum absolute atomic E-state index is 0.111. The smallest absolute Gasteiger partial charge is 0.176 e. The molecule has 0 saturated carbocycles. The predicted molar refractivity (Wildman–Crippen MR) is 112 cm³/mol. The van der Waals surface area contributed by atoms with E-state index in [9.17, 15) is 5.26 Å². The molecule has 0 bridgehead atoms. The van der Waals surface area contributed by atoms with Crippen LogP contribution in [0.2, 0.25) is 10.2 Å². The molecule has 3 N–H and O–H groups in total. The molecule has 0 aliphatic heterocycles. The van der Waals surface area contributed by atoms with Gasteiger partial charge >= 0.3 is 0 Å². The van der Waals surface area contributed by atoms with Gasteiger partial charge in [-0.3, -0.25) is 0 Å². The highest BCUT2D eigenvalue weighted by Crippen LogP contribution is 2.33. The van der Waals surface area contributed by atoms with E-state index in [0.717, 1.165) is 11.1 Å². The molecule has 144 valence electrons. The topological polar surface area (TPSA) is 118 Å². The lowest BCUT2D eigenvalue weighted by atomic mass is 10.0. The van der Waals surface area contributed by atoms with Crippen LogP contribution in [0.5, 0.6) is 0 Å². The molecular formula is C19H14Cl2N8. The van der Waals surface area contributed by atoms with Crippen LogP contribution < -0.4 is 11.1 Å². The first-order valence-corrected chi connectivity index (χ1v) is 9.32. The quantitative estimate of drug-likeness (QED) is 0.505. The molecule has 0 spiro atoms. The Balaban J connectivity index is 1.86. The van der Waals surface area contributed by atoms with Crippen LogP contribution in [-0.2, 0) is 0 Å². The molecule has 0 aliphatic rings. The maximum atomic E-state index is 9.38. The fourth-order valence-corrected chi connectivity index (χ4v) is 3.31. The average molecular weight is 425 g/mol. The summed E-state index contributed by atoms with van der Waals surface area (Å²) >= 11 is 12.3. The summed E-state index contributed by atoms with van der Waals surface area (Å²) in [4.78, 5) is 12.7. The highest BCUT2D eigenvalue weighted by Gasteiger charge is 2.20. The lowest BCUT2D eigenvalue weighted by molar-refractivity contribution is 0.830. The number of nitrogen functional groups attached to an aromatic ring is 1. The molecule has 29 heavy (non-hydrogen) atoms. The highest BCUT2D eigenvalue weighted by molar-refractivity contribution is 6.43. The van der Waals surface area contributed by atoms with Gasteiger partial charge in [0.2, 0.25) is 0 Å². The monoisotopic (exact) mass is 424 g/mol. The Morgan fingerprint density at radius 1 is 1.21 bits per heavy atom. The number of nitriles is 1. The van der Waals surface area contributed by atoms with Gasteiger partial charge in [0.05, 0.1) is 11.7 Å². The van der Waals surface area contributed by atoms with Crippen molar-refractivity contribution in [2.45, 2.75) is 13.0 Å². The summed E-state index contributed by atoms with van der Waals surface area (Å²) in [5.41, 5.74) is 8.84. The van der Waals surface area contributed by atoms with Gasteiger partial charge in [-0.25, -0.2) is 19.5 Å². The zero-order chi connectivity index (χ0) is 20.5. The number of nitrogens with one attached hydrogen (secondary N) is 1. The number of halogens is 2. The molecule has 0 amide bonds. The molecule has 3 heterocycles. The third-order valence-electron chi connectivity index (χ3n) is 4.40. The second-order valence-electron chi connectivity index (χ2n) is 6.24. The van der Waals surface area contributed by atoms with E-state index >= 15 is 0 Å². The average Bonchev–Trinajstić information content (AvgIpc) is 3.01. The van der Waals surface area contributed by atoms with Gasteiger partial charge in [-0.2, -0.15) is 10.4 Å². The Hall–Kier alpha value is -3.41. The third kappa shape index (κ3) is 3.42. The minimum atomic E-state index is -0.301. The van der Waals surface area contributed by atoms with E-state index < -0.39 is 0 Å². The molecule has 1 atom stereocenters. The fraction of sp³-hybridized carbons (Fsp3) is 0.105. The van der Waals surface area contributed by atoms with Crippen LogP contribution >= 0.6 is 23.2 Å². The Labute approximate surface area is 175 Å². The molecule has 0 unspecified atom stereocenters. The summed E-state index contributed by atoms with van der Waals surface area (Å²) in [5.74, 6) is 0.447. The first-order chi connectivity index (χ1) is 14.0. The summed E-state index contributed by atoms with van der Waals surface area (Å²) < 4.78 is 1.53. The van der Waals surface area contributed by atoms with Crippen LogP contribution in [0.1, 0.15) is 24.1 Å². The Bertz CT molecular complexity index is 1250. The van der Waals surface area contributed by atoms with Crippen molar-refractivity contribution >= 4 is 40.5 Å². The standard InChI is InChI=1S/C19H14Cl2N8/c1-10(26-18-12(7-22)17(23)24-9-25-18)13-8-29-19(14(20)16(21)28-29)27-15(13)11-5-3-2-4-6-11/h2-6,8-10H,1H3,(H3,23,24,25,26)/t10-/m0/s1. The SMILES string of the molecule is C[C@H](Nc1ncnc(N)c1C#N)c1cn2nc(Cl)c(Cl)c2nc1-c1ccccc1. The molecule has 0 saturated heterocycles. The van der Waals surface area contributed by atoms with Crippen LogP contribution in [0.4, 0.5) is 11.6 Å². The van der Waals surface area contributed by atoms with Crippen LogP contribution in [0.25, 0.3) is 16.9 Å². The van der Waals surface area contributed by atoms with E-state index in [1.165, 1.54) is 10.8 Å². The molecule has 4 aromatic rings. The summed E-state index contributed by atoms with van der Waals surface area (Å²) in [7, 11) is 0. The number of aromatic nitrogens is 5. The van der Waals surface area contributed by atoms with Crippen molar-refractivity contribution in [2.75, 3.05) is 11.1 Å². The molecule has 8 nitrogen and oxygen atoms in total.